The van der Waals surface area contributed by atoms with Crippen LogP contribution < -0.4 is 20.1 Å². The Morgan fingerprint density at radius 1 is 1.38 bits per heavy atom. The van der Waals surface area contributed by atoms with Crippen LogP contribution in [-0.4, -0.2) is 82.9 Å². The number of nitrogens with one attached hydrogen (secondary N) is 2. The highest BCUT2D eigenvalue weighted by molar-refractivity contribution is 7.88. The van der Waals surface area contributed by atoms with Crippen molar-refractivity contribution in [3.63, 3.8) is 0 Å². The van der Waals surface area contributed by atoms with E-state index in [-0.39, 0.29) is 32.8 Å². The van der Waals surface area contributed by atoms with E-state index in [1.165, 1.54) is 7.11 Å². The molecule has 2 heterocycles. The largest absolute Gasteiger partial charge is 0.493 e. The molecule has 2 aliphatic rings. The number of benzene rings is 1. The molecule has 1 aromatic carbocycles. The van der Waals surface area contributed by atoms with Gasteiger partial charge in [0.25, 0.3) is 5.91 Å². The molecule has 0 unspecified atom stereocenters. The summed E-state index contributed by atoms with van der Waals surface area (Å²) in [5.74, 6) is -0.773. The number of hydrogen-bond donors (Lipinski definition) is 2. The van der Waals surface area contributed by atoms with Gasteiger partial charge in [0.05, 0.1) is 39.0 Å². The number of sulfonamides is 1. The fraction of sp³-hybridized carbons (Fsp3) is 0.556. The lowest BCUT2D eigenvalue weighted by Crippen LogP contribution is -2.62. The lowest BCUT2D eigenvalue weighted by molar-refractivity contribution is -0.163. The summed E-state index contributed by atoms with van der Waals surface area (Å²) < 4.78 is 41.6. The van der Waals surface area contributed by atoms with E-state index in [2.05, 4.69) is 10.6 Å². The summed E-state index contributed by atoms with van der Waals surface area (Å²) in [5.41, 5.74) is -1.52. The first-order valence-corrected chi connectivity index (χ1v) is 11.0. The average molecular weight is 427 g/mol. The van der Waals surface area contributed by atoms with Crippen molar-refractivity contribution >= 4 is 21.8 Å². The normalized spacial score (nSPS) is 24.9. The lowest BCUT2D eigenvalue weighted by atomic mass is 9.88. The van der Waals surface area contributed by atoms with Crippen LogP contribution in [0.1, 0.15) is 0 Å². The van der Waals surface area contributed by atoms with Crippen LogP contribution in [0, 0.1) is 5.92 Å². The Balaban J connectivity index is 1.64. The molecule has 29 heavy (non-hydrogen) atoms. The van der Waals surface area contributed by atoms with Gasteiger partial charge >= 0.3 is 0 Å². The third-order valence-corrected chi connectivity index (χ3v) is 6.22. The summed E-state index contributed by atoms with van der Waals surface area (Å²) in [7, 11) is -2.05. The second-order valence-electron chi connectivity index (χ2n) is 6.89. The van der Waals surface area contributed by atoms with E-state index >= 15 is 0 Å². The molecule has 0 radical (unpaired) electrons. The summed E-state index contributed by atoms with van der Waals surface area (Å²) in [6.45, 7) is 0.572. The van der Waals surface area contributed by atoms with E-state index in [9.17, 15) is 18.0 Å². The number of hydrogen-bond acceptors (Lipinski definition) is 7. The van der Waals surface area contributed by atoms with Crippen LogP contribution in [0.4, 0.5) is 0 Å². The van der Waals surface area contributed by atoms with Gasteiger partial charge < -0.3 is 24.8 Å². The number of amides is 2. The Labute approximate surface area is 169 Å². The maximum absolute atomic E-state index is 12.8. The molecule has 10 nitrogen and oxygen atoms in total. The summed E-state index contributed by atoms with van der Waals surface area (Å²) in [5, 5.41) is 5.38. The number of morpholine rings is 1. The van der Waals surface area contributed by atoms with Gasteiger partial charge in [0.15, 0.2) is 17.1 Å². The van der Waals surface area contributed by atoms with E-state index in [0.717, 1.165) is 10.6 Å². The van der Waals surface area contributed by atoms with E-state index in [1.54, 1.807) is 18.2 Å². The molecule has 2 fully saturated rings. The molecule has 2 saturated heterocycles. The predicted octanol–water partition coefficient (Wildman–Crippen LogP) is -1.03. The maximum atomic E-state index is 12.8. The molecular weight excluding hydrogens is 402 g/mol. The fourth-order valence-corrected chi connectivity index (χ4v) is 4.37. The zero-order valence-corrected chi connectivity index (χ0v) is 17.2. The SMILES string of the molecule is COc1ccccc1OCCNC(=O)[C@H]1CN(S(C)(=O)=O)C[C@@]12OCCNC2=O. The number of ether oxygens (including phenoxy) is 3. The third-order valence-electron chi connectivity index (χ3n) is 5.01. The van der Waals surface area contributed by atoms with Crippen molar-refractivity contribution in [3.05, 3.63) is 24.3 Å². The molecule has 2 N–H and O–H groups in total. The maximum Gasteiger partial charge on any atom is 0.254 e. The van der Waals surface area contributed by atoms with E-state index in [0.29, 0.717) is 18.0 Å². The predicted molar refractivity (Wildman–Crippen MR) is 103 cm³/mol. The van der Waals surface area contributed by atoms with Gasteiger partial charge in [0.1, 0.15) is 6.61 Å². The number of carbonyl (C=O) groups excluding carboxylic acids is 2. The van der Waals surface area contributed by atoms with Crippen LogP contribution >= 0.6 is 0 Å². The number of nitrogens with zero attached hydrogens (tertiary/aromatic N) is 1. The molecule has 0 aromatic heterocycles. The smallest absolute Gasteiger partial charge is 0.254 e. The number of carbonyl (C=O) groups is 2. The van der Waals surface area contributed by atoms with E-state index < -0.39 is 33.4 Å². The average Bonchev–Trinajstić information content (AvgIpc) is 3.08. The molecule has 1 spiro atoms. The Bertz CT molecular complexity index is 876. The molecule has 0 aliphatic carbocycles. The van der Waals surface area contributed by atoms with Crippen LogP contribution in [0.25, 0.3) is 0 Å². The monoisotopic (exact) mass is 427 g/mol. The standard InChI is InChI=1S/C18H25N3O7S/c1-26-14-5-3-4-6-15(14)27-9-7-19-16(22)13-11-21(29(2,24)25)12-18(13)17(23)20-8-10-28-18/h3-6,13H,7-12H2,1-2H3,(H,19,22)(H,20,23)/t13-,18-/m1/s1. The molecule has 3 rings (SSSR count). The van der Waals surface area contributed by atoms with Crippen LogP contribution in [0.3, 0.4) is 0 Å². The molecular formula is C18H25N3O7S. The number of para-hydroxylation sites is 2. The first kappa shape index (κ1) is 21.3. The summed E-state index contributed by atoms with van der Waals surface area (Å²) in [6, 6.07) is 7.12. The van der Waals surface area contributed by atoms with Crippen molar-refractivity contribution in [3.8, 4) is 11.5 Å². The summed E-state index contributed by atoms with van der Waals surface area (Å²) in [6.07, 6.45) is 1.04. The quantitative estimate of drug-likeness (QED) is 0.533. The molecule has 0 bridgehead atoms. The zero-order valence-electron chi connectivity index (χ0n) is 16.3. The molecule has 2 amide bonds. The molecule has 2 atom stereocenters. The second-order valence-corrected chi connectivity index (χ2v) is 8.87. The molecule has 1 aromatic rings. The Hall–Kier alpha value is -2.37. The van der Waals surface area contributed by atoms with Crippen LogP contribution in [0.2, 0.25) is 0 Å². The van der Waals surface area contributed by atoms with Gasteiger partial charge in [0, 0.05) is 13.1 Å². The van der Waals surface area contributed by atoms with Gasteiger partial charge in [-0.3, -0.25) is 9.59 Å². The Morgan fingerprint density at radius 2 is 2.10 bits per heavy atom. The zero-order chi connectivity index (χ0) is 21.1. The molecule has 11 heteroatoms. The van der Waals surface area contributed by atoms with E-state index in [1.807, 2.05) is 6.07 Å². The summed E-state index contributed by atoms with van der Waals surface area (Å²) >= 11 is 0. The van der Waals surface area contributed by atoms with Gasteiger partial charge in [-0.2, -0.15) is 4.31 Å². The van der Waals surface area contributed by atoms with Crippen molar-refractivity contribution in [2.75, 3.05) is 52.8 Å². The molecule has 160 valence electrons. The van der Waals surface area contributed by atoms with Crippen molar-refractivity contribution < 1.29 is 32.2 Å². The van der Waals surface area contributed by atoms with Crippen LogP contribution in [0.5, 0.6) is 11.5 Å². The van der Waals surface area contributed by atoms with Gasteiger partial charge in [0.2, 0.25) is 15.9 Å². The minimum absolute atomic E-state index is 0.120. The van der Waals surface area contributed by atoms with Crippen molar-refractivity contribution in [1.82, 2.24) is 14.9 Å². The number of rotatable bonds is 7. The summed E-state index contributed by atoms with van der Waals surface area (Å²) in [4.78, 5) is 25.3. The van der Waals surface area contributed by atoms with Gasteiger partial charge in [-0.25, -0.2) is 8.42 Å². The number of methoxy groups -OCH3 is 1. The highest BCUT2D eigenvalue weighted by Gasteiger charge is 2.59. The minimum Gasteiger partial charge on any atom is -0.493 e. The third kappa shape index (κ3) is 4.46. The fourth-order valence-electron chi connectivity index (χ4n) is 3.52. The van der Waals surface area contributed by atoms with Crippen molar-refractivity contribution in [2.24, 2.45) is 5.92 Å². The van der Waals surface area contributed by atoms with Crippen molar-refractivity contribution in [1.29, 1.82) is 0 Å². The highest BCUT2D eigenvalue weighted by atomic mass is 32.2. The van der Waals surface area contributed by atoms with Crippen molar-refractivity contribution in [2.45, 2.75) is 5.60 Å². The Kier molecular flexibility index (Phi) is 6.30. The van der Waals surface area contributed by atoms with Gasteiger partial charge in [-0.05, 0) is 12.1 Å². The van der Waals surface area contributed by atoms with Crippen LogP contribution in [-0.2, 0) is 24.3 Å². The highest BCUT2D eigenvalue weighted by Crippen LogP contribution is 2.34. The second kappa shape index (κ2) is 8.56. The Morgan fingerprint density at radius 3 is 2.76 bits per heavy atom. The topological polar surface area (TPSA) is 123 Å². The van der Waals surface area contributed by atoms with Gasteiger partial charge in [-0.1, -0.05) is 12.1 Å². The first-order valence-electron chi connectivity index (χ1n) is 9.19. The van der Waals surface area contributed by atoms with Gasteiger partial charge in [-0.15, -0.1) is 0 Å². The lowest BCUT2D eigenvalue weighted by Gasteiger charge is -2.36. The first-order chi connectivity index (χ1) is 13.8. The minimum atomic E-state index is -3.58. The van der Waals surface area contributed by atoms with Crippen LogP contribution in [0.15, 0.2) is 24.3 Å². The molecule has 0 saturated carbocycles. The van der Waals surface area contributed by atoms with E-state index in [4.69, 9.17) is 14.2 Å². The molecule has 2 aliphatic heterocycles.